The van der Waals surface area contributed by atoms with Crippen LogP contribution in [0.15, 0.2) is 146 Å². The second-order valence-electron chi connectivity index (χ2n) is 13.9. The smallest absolute Gasteiger partial charge is 0.0534 e. The summed E-state index contributed by atoms with van der Waals surface area (Å²) >= 11 is 0. The summed E-state index contributed by atoms with van der Waals surface area (Å²) in [7, 11) is 0. The minimum atomic E-state index is -0.137. The minimum absolute atomic E-state index is 0.0619. The summed E-state index contributed by atoms with van der Waals surface area (Å²) in [5, 5.41) is 1.24. The van der Waals surface area contributed by atoms with Gasteiger partial charge in [-0.1, -0.05) is 113 Å². The van der Waals surface area contributed by atoms with E-state index in [1.54, 1.807) is 0 Å². The zero-order chi connectivity index (χ0) is 31.2. The van der Waals surface area contributed by atoms with Crippen molar-refractivity contribution >= 4 is 28.0 Å². The van der Waals surface area contributed by atoms with Crippen LogP contribution in [0.25, 0.3) is 38.8 Å². The number of rotatable bonds is 3. The van der Waals surface area contributed by atoms with E-state index in [2.05, 4.69) is 183 Å². The van der Waals surface area contributed by atoms with Gasteiger partial charge < -0.3 is 9.47 Å². The summed E-state index contributed by atoms with van der Waals surface area (Å²) < 4.78 is 2.27. The molecule has 0 unspecified atom stereocenters. The van der Waals surface area contributed by atoms with Gasteiger partial charge in [0, 0.05) is 28.4 Å². The molecule has 2 heterocycles. The van der Waals surface area contributed by atoms with Gasteiger partial charge in [0.15, 0.2) is 0 Å². The monoisotopic (exact) mass is 592 g/mol. The first-order valence-electron chi connectivity index (χ1n) is 16.3. The van der Waals surface area contributed by atoms with Gasteiger partial charge in [0.25, 0.3) is 0 Å². The predicted molar refractivity (Wildman–Crippen MR) is 193 cm³/mol. The maximum absolute atomic E-state index is 2.49. The molecule has 1 aromatic heterocycles. The maximum Gasteiger partial charge on any atom is 0.0534 e. The molecule has 2 heteroatoms. The average molecular weight is 593 g/mol. The number of aromatic nitrogens is 1. The van der Waals surface area contributed by atoms with Crippen LogP contribution < -0.4 is 4.90 Å². The van der Waals surface area contributed by atoms with Crippen molar-refractivity contribution < 1.29 is 0 Å². The summed E-state index contributed by atoms with van der Waals surface area (Å²) in [4.78, 5) is 2.49. The van der Waals surface area contributed by atoms with Gasteiger partial charge in [-0.3, -0.25) is 0 Å². The normalized spacial score (nSPS) is 15.3. The largest absolute Gasteiger partial charge is 0.317 e. The van der Waals surface area contributed by atoms with Crippen molar-refractivity contribution in [1.29, 1.82) is 0 Å². The molecule has 0 atom stereocenters. The Kier molecular flexibility index (Phi) is 5.63. The zero-order valence-electron chi connectivity index (χ0n) is 26.8. The van der Waals surface area contributed by atoms with Crippen LogP contribution in [0, 0.1) is 0 Å². The summed E-state index contributed by atoms with van der Waals surface area (Å²) in [6.07, 6.45) is 2.16. The summed E-state index contributed by atoms with van der Waals surface area (Å²) in [6.45, 7) is 9.50. The molecule has 0 spiro atoms. The molecule has 0 N–H and O–H groups in total. The molecule has 2 aliphatic rings. The Hall–Kier alpha value is -5.34. The molecule has 6 aromatic carbocycles. The van der Waals surface area contributed by atoms with Crippen LogP contribution in [0.3, 0.4) is 0 Å². The lowest BCUT2D eigenvalue weighted by Gasteiger charge is -2.43. The van der Waals surface area contributed by atoms with Gasteiger partial charge in [0.2, 0.25) is 0 Å². The van der Waals surface area contributed by atoms with Crippen molar-refractivity contribution in [3.8, 4) is 27.9 Å². The first-order chi connectivity index (χ1) is 22.3. The maximum atomic E-state index is 2.49. The second-order valence-corrected chi connectivity index (χ2v) is 13.9. The number of para-hydroxylation sites is 2. The fraction of sp³-hybridized carbons (Fsp3) is 0.136. The Morgan fingerprint density at radius 2 is 1.11 bits per heavy atom. The van der Waals surface area contributed by atoms with E-state index in [1.807, 2.05) is 0 Å². The highest BCUT2D eigenvalue weighted by molar-refractivity contribution is 5.92. The van der Waals surface area contributed by atoms with Crippen LogP contribution in [-0.4, -0.2) is 4.57 Å². The van der Waals surface area contributed by atoms with E-state index >= 15 is 0 Å². The van der Waals surface area contributed by atoms with E-state index in [4.69, 9.17) is 0 Å². The van der Waals surface area contributed by atoms with E-state index in [9.17, 15) is 0 Å². The number of benzene rings is 6. The lowest BCUT2D eigenvalue weighted by Crippen LogP contribution is -2.31. The summed E-state index contributed by atoms with van der Waals surface area (Å²) in [5.74, 6) is 0. The van der Waals surface area contributed by atoms with Crippen molar-refractivity contribution in [2.75, 3.05) is 4.90 Å². The van der Waals surface area contributed by atoms with E-state index in [0.29, 0.717) is 0 Å². The van der Waals surface area contributed by atoms with Crippen molar-refractivity contribution in [3.63, 3.8) is 0 Å². The molecule has 0 radical (unpaired) electrons. The highest BCUT2D eigenvalue weighted by Gasteiger charge is 2.42. The van der Waals surface area contributed by atoms with Crippen LogP contribution >= 0.6 is 0 Å². The quantitative estimate of drug-likeness (QED) is 0.198. The molecule has 7 aromatic rings. The lowest BCUT2D eigenvalue weighted by atomic mass is 9.72. The van der Waals surface area contributed by atoms with Gasteiger partial charge in [0.05, 0.1) is 16.9 Å². The van der Waals surface area contributed by atoms with Crippen molar-refractivity contribution in [2.45, 2.75) is 38.5 Å². The van der Waals surface area contributed by atoms with E-state index in [0.717, 1.165) is 0 Å². The molecule has 46 heavy (non-hydrogen) atoms. The predicted octanol–water partition coefficient (Wildman–Crippen LogP) is 11.7. The van der Waals surface area contributed by atoms with Gasteiger partial charge >= 0.3 is 0 Å². The van der Waals surface area contributed by atoms with Crippen LogP contribution in [0.4, 0.5) is 17.1 Å². The Morgan fingerprint density at radius 1 is 0.435 bits per heavy atom. The third kappa shape index (κ3) is 3.77. The number of hydrogen-bond donors (Lipinski definition) is 0. The third-order valence-corrected chi connectivity index (χ3v) is 10.6. The Morgan fingerprint density at radius 3 is 1.91 bits per heavy atom. The first-order valence-corrected chi connectivity index (χ1v) is 16.3. The number of hydrogen-bond acceptors (Lipinski definition) is 1. The van der Waals surface area contributed by atoms with E-state index in [-0.39, 0.29) is 10.8 Å². The van der Waals surface area contributed by atoms with Crippen LogP contribution in [0.1, 0.15) is 49.9 Å². The standard InChI is InChI=1S/C44H36N2/c1-43(2)36-15-9-8-14-34(36)35-27-39-42(28-38(35)43)46(40-17-11-10-16-37(40)44(39,3)4)33-22-20-29(21-23-33)31-19-18-30-24-25-45(41(30)26-31)32-12-6-5-7-13-32/h5-28H,1-4H3. The molecule has 0 fully saturated rings. The van der Waals surface area contributed by atoms with Crippen molar-refractivity contribution in [3.05, 3.63) is 168 Å². The fourth-order valence-corrected chi connectivity index (χ4v) is 8.10. The summed E-state index contributed by atoms with van der Waals surface area (Å²) in [6, 6.07) is 51.6. The molecule has 0 saturated heterocycles. The molecule has 0 saturated carbocycles. The van der Waals surface area contributed by atoms with Crippen molar-refractivity contribution in [1.82, 2.24) is 4.57 Å². The number of nitrogens with zero attached hydrogens (tertiary/aromatic N) is 2. The zero-order valence-corrected chi connectivity index (χ0v) is 26.8. The Labute approximate surface area is 271 Å². The molecule has 222 valence electrons. The highest BCUT2D eigenvalue weighted by Crippen LogP contribution is 2.57. The first kappa shape index (κ1) is 27.0. The van der Waals surface area contributed by atoms with Gasteiger partial charge in [-0.05, 0) is 104 Å². The van der Waals surface area contributed by atoms with Crippen LogP contribution in [0.5, 0.6) is 0 Å². The number of anilines is 3. The molecule has 0 amide bonds. The lowest BCUT2D eigenvalue weighted by molar-refractivity contribution is 0.627. The van der Waals surface area contributed by atoms with E-state index in [1.165, 1.54) is 78.2 Å². The molecule has 1 aliphatic carbocycles. The number of fused-ring (bicyclic) bond motifs is 6. The van der Waals surface area contributed by atoms with Crippen LogP contribution in [-0.2, 0) is 10.8 Å². The Balaban J connectivity index is 1.18. The fourth-order valence-electron chi connectivity index (χ4n) is 8.10. The molecule has 0 bridgehead atoms. The van der Waals surface area contributed by atoms with Crippen LogP contribution in [0.2, 0.25) is 0 Å². The molecular formula is C44H36N2. The topological polar surface area (TPSA) is 8.17 Å². The van der Waals surface area contributed by atoms with Gasteiger partial charge in [-0.25, -0.2) is 0 Å². The van der Waals surface area contributed by atoms with E-state index < -0.39 is 0 Å². The molecule has 1 aliphatic heterocycles. The van der Waals surface area contributed by atoms with Gasteiger partial charge in [-0.2, -0.15) is 0 Å². The third-order valence-electron chi connectivity index (χ3n) is 10.6. The Bertz CT molecular complexity index is 2300. The highest BCUT2D eigenvalue weighted by atomic mass is 15.2. The minimum Gasteiger partial charge on any atom is -0.317 e. The van der Waals surface area contributed by atoms with Gasteiger partial charge in [0.1, 0.15) is 0 Å². The average Bonchev–Trinajstić information content (AvgIpc) is 3.61. The second kappa shape index (κ2) is 9.58. The molecular weight excluding hydrogens is 556 g/mol. The molecule has 2 nitrogen and oxygen atoms in total. The summed E-state index contributed by atoms with van der Waals surface area (Å²) in [5.41, 5.74) is 16.6. The van der Waals surface area contributed by atoms with Crippen molar-refractivity contribution in [2.24, 2.45) is 0 Å². The SMILES string of the molecule is CC1(C)c2ccccc2-c2cc3c(cc21)N(c1ccc(-c2ccc4ccn(-c5ccccc5)c4c2)cc1)c1ccccc1C3(C)C. The molecule has 9 rings (SSSR count). The van der Waals surface area contributed by atoms with Gasteiger partial charge in [-0.15, -0.1) is 0 Å².